The van der Waals surface area contributed by atoms with Crippen LogP contribution in [0.15, 0.2) is 72.9 Å². The second-order valence-electron chi connectivity index (χ2n) is 9.52. The predicted octanol–water partition coefficient (Wildman–Crippen LogP) is 3.79. The number of fused-ring (bicyclic) bond motifs is 1. The van der Waals surface area contributed by atoms with Crippen LogP contribution in [-0.4, -0.2) is 76.5 Å². The van der Waals surface area contributed by atoms with Crippen molar-refractivity contribution in [2.45, 2.75) is 24.4 Å². The van der Waals surface area contributed by atoms with Crippen molar-refractivity contribution in [2.75, 3.05) is 32.1 Å². The number of rotatable bonds is 5. The summed E-state index contributed by atoms with van der Waals surface area (Å²) in [7, 11) is 1.61. The maximum atomic E-state index is 13.3. The first-order valence-corrected chi connectivity index (χ1v) is 12.4. The smallest absolute Gasteiger partial charge is 0.327 e. The van der Waals surface area contributed by atoms with Gasteiger partial charge >= 0.3 is 12.1 Å². The van der Waals surface area contributed by atoms with Crippen molar-refractivity contribution in [2.24, 2.45) is 0 Å². The topological polar surface area (TPSA) is 95.1 Å². The number of nitrogens with one attached hydrogen (secondary N) is 1. The molecule has 2 aliphatic heterocycles. The molecule has 2 saturated heterocycles. The number of aromatic nitrogens is 1. The summed E-state index contributed by atoms with van der Waals surface area (Å²) < 4.78 is 5.23. The molecule has 9 heteroatoms. The van der Waals surface area contributed by atoms with E-state index in [1.54, 1.807) is 35.2 Å². The SMILES string of the molecule is COc1ccc(-c2ncccc2NC(=O)N2CCN3C(=O)N([C@@H]4C[C@H]4c4ccccc4)C(=O)C3C2)cc1. The van der Waals surface area contributed by atoms with Gasteiger partial charge in [0.25, 0.3) is 5.91 Å². The number of piperazine rings is 1. The molecule has 3 aromatic rings. The number of methoxy groups -OCH3 is 1. The molecule has 188 valence electrons. The maximum Gasteiger partial charge on any atom is 0.327 e. The number of ether oxygens (including phenoxy) is 1. The van der Waals surface area contributed by atoms with E-state index in [2.05, 4.69) is 10.3 Å². The molecular weight excluding hydrogens is 470 g/mol. The van der Waals surface area contributed by atoms with Gasteiger partial charge < -0.3 is 19.9 Å². The summed E-state index contributed by atoms with van der Waals surface area (Å²) >= 11 is 0. The van der Waals surface area contributed by atoms with E-state index in [0.717, 1.165) is 23.3 Å². The third-order valence-electron chi connectivity index (χ3n) is 7.37. The third-order valence-corrected chi connectivity index (χ3v) is 7.37. The van der Waals surface area contributed by atoms with Gasteiger partial charge in [0.15, 0.2) is 0 Å². The first-order valence-electron chi connectivity index (χ1n) is 12.4. The number of imide groups is 1. The molecule has 0 bridgehead atoms. The largest absolute Gasteiger partial charge is 0.497 e. The van der Waals surface area contributed by atoms with Crippen LogP contribution in [0.5, 0.6) is 5.75 Å². The average Bonchev–Trinajstić information content (AvgIpc) is 3.69. The first-order chi connectivity index (χ1) is 18.0. The lowest BCUT2D eigenvalue weighted by atomic mass is 10.1. The molecule has 0 spiro atoms. The molecule has 1 unspecified atom stereocenters. The number of hydrogen-bond donors (Lipinski definition) is 1. The number of benzene rings is 2. The van der Waals surface area contributed by atoms with Crippen LogP contribution in [0.3, 0.4) is 0 Å². The van der Waals surface area contributed by atoms with E-state index in [4.69, 9.17) is 4.74 Å². The molecule has 9 nitrogen and oxygen atoms in total. The molecule has 37 heavy (non-hydrogen) atoms. The Kier molecular flexibility index (Phi) is 5.75. The molecule has 3 fully saturated rings. The van der Waals surface area contributed by atoms with Crippen LogP contribution in [0.25, 0.3) is 11.3 Å². The number of nitrogens with zero attached hydrogens (tertiary/aromatic N) is 4. The minimum atomic E-state index is -0.654. The Morgan fingerprint density at radius 3 is 2.54 bits per heavy atom. The van der Waals surface area contributed by atoms with E-state index in [1.807, 2.05) is 54.6 Å². The minimum absolute atomic E-state index is 0.113. The molecule has 3 atom stereocenters. The fourth-order valence-electron chi connectivity index (χ4n) is 5.31. The Morgan fingerprint density at radius 2 is 1.78 bits per heavy atom. The Hall–Kier alpha value is -4.40. The van der Waals surface area contributed by atoms with Gasteiger partial charge in [-0.05, 0) is 48.4 Å². The van der Waals surface area contributed by atoms with Crippen LogP contribution >= 0.6 is 0 Å². The van der Waals surface area contributed by atoms with Gasteiger partial charge in [0, 0.05) is 36.8 Å². The molecule has 5 amide bonds. The lowest BCUT2D eigenvalue weighted by molar-refractivity contribution is -0.129. The summed E-state index contributed by atoms with van der Waals surface area (Å²) in [5.41, 5.74) is 3.18. The second-order valence-corrected chi connectivity index (χ2v) is 9.52. The molecule has 0 radical (unpaired) electrons. The maximum absolute atomic E-state index is 13.3. The molecule has 3 aliphatic rings. The highest BCUT2D eigenvalue weighted by atomic mass is 16.5. The number of pyridine rings is 1. The van der Waals surface area contributed by atoms with Crippen molar-refractivity contribution >= 4 is 23.7 Å². The van der Waals surface area contributed by atoms with E-state index in [0.29, 0.717) is 24.5 Å². The number of amides is 5. The molecule has 2 aromatic carbocycles. The van der Waals surface area contributed by atoms with Crippen molar-refractivity contribution < 1.29 is 19.1 Å². The summed E-state index contributed by atoms with van der Waals surface area (Å²) in [6, 6.07) is 19.6. The first kappa shape index (κ1) is 23.0. The molecule has 1 aliphatic carbocycles. The van der Waals surface area contributed by atoms with E-state index >= 15 is 0 Å². The van der Waals surface area contributed by atoms with Gasteiger partial charge in [-0.25, -0.2) is 9.59 Å². The van der Waals surface area contributed by atoms with Crippen LogP contribution in [0.1, 0.15) is 17.9 Å². The zero-order valence-corrected chi connectivity index (χ0v) is 20.4. The van der Waals surface area contributed by atoms with Crippen molar-refractivity contribution in [3.05, 3.63) is 78.5 Å². The Balaban J connectivity index is 1.14. The Morgan fingerprint density at radius 1 is 1.00 bits per heavy atom. The van der Waals surface area contributed by atoms with Crippen LogP contribution in [0, 0.1) is 0 Å². The van der Waals surface area contributed by atoms with Gasteiger partial charge in [-0.2, -0.15) is 0 Å². The van der Waals surface area contributed by atoms with Crippen LogP contribution in [0.2, 0.25) is 0 Å². The number of carbonyl (C=O) groups is 3. The molecule has 3 heterocycles. The molecule has 1 saturated carbocycles. The van der Waals surface area contributed by atoms with Crippen LogP contribution in [-0.2, 0) is 4.79 Å². The van der Waals surface area contributed by atoms with Gasteiger partial charge in [-0.1, -0.05) is 30.3 Å². The minimum Gasteiger partial charge on any atom is -0.497 e. The van der Waals surface area contributed by atoms with Crippen molar-refractivity contribution in [1.82, 2.24) is 19.7 Å². The monoisotopic (exact) mass is 497 g/mol. The number of hydrogen-bond acceptors (Lipinski definition) is 5. The number of anilines is 1. The van der Waals surface area contributed by atoms with Gasteiger partial charge in [0.2, 0.25) is 0 Å². The second kappa shape index (κ2) is 9.24. The summed E-state index contributed by atoms with van der Waals surface area (Å²) in [5.74, 6) is 0.692. The quantitative estimate of drug-likeness (QED) is 0.541. The summed E-state index contributed by atoms with van der Waals surface area (Å²) in [4.78, 5) is 48.8. The Bertz CT molecular complexity index is 1350. The highest BCUT2D eigenvalue weighted by Crippen LogP contribution is 2.46. The zero-order chi connectivity index (χ0) is 25.5. The summed E-state index contributed by atoms with van der Waals surface area (Å²) in [5, 5.41) is 2.95. The van der Waals surface area contributed by atoms with E-state index in [9.17, 15) is 14.4 Å². The highest BCUT2D eigenvalue weighted by Gasteiger charge is 2.56. The standard InChI is InChI=1S/C28H27N5O4/c1-37-20-11-9-19(10-12-20)25-22(8-5-13-29-25)30-27(35)31-14-15-32-24(17-31)26(34)33(28(32)36)23-16-21(23)18-6-3-2-4-7-18/h2-13,21,23-24H,14-17H2,1H3,(H,30,35)/t21-,23+,24?/m0/s1. The van der Waals surface area contributed by atoms with E-state index < -0.39 is 6.04 Å². The van der Waals surface area contributed by atoms with E-state index in [-0.39, 0.29) is 36.5 Å². The Labute approximate surface area is 214 Å². The highest BCUT2D eigenvalue weighted by molar-refractivity contribution is 6.06. The molecule has 1 N–H and O–H groups in total. The molecular formula is C28H27N5O4. The fourth-order valence-corrected chi connectivity index (χ4v) is 5.31. The van der Waals surface area contributed by atoms with Gasteiger partial charge in [-0.15, -0.1) is 0 Å². The zero-order valence-electron chi connectivity index (χ0n) is 20.4. The van der Waals surface area contributed by atoms with E-state index in [1.165, 1.54) is 4.90 Å². The van der Waals surface area contributed by atoms with Crippen LogP contribution < -0.4 is 10.1 Å². The summed E-state index contributed by atoms with van der Waals surface area (Å²) in [6.07, 6.45) is 2.45. The fraction of sp³-hybridized carbons (Fsp3) is 0.286. The lowest BCUT2D eigenvalue weighted by Gasteiger charge is -2.35. The molecule has 1 aromatic heterocycles. The third kappa shape index (κ3) is 4.16. The van der Waals surface area contributed by atoms with Gasteiger partial charge in [0.1, 0.15) is 11.8 Å². The normalized spacial score (nSPS) is 22.6. The van der Waals surface area contributed by atoms with Gasteiger partial charge in [-0.3, -0.25) is 14.7 Å². The number of urea groups is 2. The van der Waals surface area contributed by atoms with Crippen molar-refractivity contribution in [3.63, 3.8) is 0 Å². The van der Waals surface area contributed by atoms with Crippen molar-refractivity contribution in [3.8, 4) is 17.0 Å². The van der Waals surface area contributed by atoms with Gasteiger partial charge in [0.05, 0.1) is 25.0 Å². The number of carbonyl (C=O) groups excluding carboxylic acids is 3. The summed E-state index contributed by atoms with van der Waals surface area (Å²) in [6.45, 7) is 0.828. The molecule has 6 rings (SSSR count). The van der Waals surface area contributed by atoms with Crippen LogP contribution in [0.4, 0.5) is 15.3 Å². The lowest BCUT2D eigenvalue weighted by Crippen LogP contribution is -2.55. The predicted molar refractivity (Wildman–Crippen MR) is 137 cm³/mol. The van der Waals surface area contributed by atoms with Crippen molar-refractivity contribution in [1.29, 1.82) is 0 Å². The average molecular weight is 498 g/mol.